The summed E-state index contributed by atoms with van der Waals surface area (Å²) < 4.78 is 5.32. The number of nitrogen functional groups attached to an aromatic ring is 1. The standard InChI is InChI=1S/C13H18ClN3O2/c1-8(9-2-4-19-5-3-9)17-13(18)10-6-12(15)16-7-11(10)14/h6-9H,2-5H2,1H3,(H2,15,16)(H,17,18). The van der Waals surface area contributed by atoms with Crippen molar-refractivity contribution in [2.24, 2.45) is 5.92 Å². The van der Waals surface area contributed by atoms with Crippen LogP contribution in [0.3, 0.4) is 0 Å². The summed E-state index contributed by atoms with van der Waals surface area (Å²) in [6.45, 7) is 3.52. The quantitative estimate of drug-likeness (QED) is 0.888. The number of hydrogen-bond acceptors (Lipinski definition) is 4. The maximum Gasteiger partial charge on any atom is 0.253 e. The van der Waals surface area contributed by atoms with Crippen LogP contribution in [0.25, 0.3) is 0 Å². The van der Waals surface area contributed by atoms with Crippen LogP contribution in [-0.2, 0) is 4.74 Å². The molecule has 5 nitrogen and oxygen atoms in total. The van der Waals surface area contributed by atoms with Crippen molar-refractivity contribution in [2.75, 3.05) is 18.9 Å². The summed E-state index contributed by atoms with van der Waals surface area (Å²) in [6, 6.07) is 1.58. The number of nitrogens with two attached hydrogens (primary N) is 1. The lowest BCUT2D eigenvalue weighted by molar-refractivity contribution is 0.0538. The van der Waals surface area contributed by atoms with E-state index in [-0.39, 0.29) is 17.8 Å². The minimum Gasteiger partial charge on any atom is -0.384 e. The van der Waals surface area contributed by atoms with Crippen molar-refractivity contribution < 1.29 is 9.53 Å². The number of nitrogens with zero attached hydrogens (tertiary/aromatic N) is 1. The molecule has 6 heteroatoms. The maximum absolute atomic E-state index is 12.2. The van der Waals surface area contributed by atoms with E-state index < -0.39 is 0 Å². The SMILES string of the molecule is CC(NC(=O)c1cc(N)ncc1Cl)C1CCOCC1. The summed E-state index contributed by atoms with van der Waals surface area (Å²) in [4.78, 5) is 16.0. The van der Waals surface area contributed by atoms with Gasteiger partial charge >= 0.3 is 0 Å². The summed E-state index contributed by atoms with van der Waals surface area (Å²) in [7, 11) is 0. The molecule has 0 aliphatic carbocycles. The highest BCUT2D eigenvalue weighted by atomic mass is 35.5. The molecule has 2 rings (SSSR count). The fourth-order valence-electron chi connectivity index (χ4n) is 2.25. The Labute approximate surface area is 117 Å². The zero-order valence-electron chi connectivity index (χ0n) is 10.9. The average Bonchev–Trinajstić information content (AvgIpc) is 2.42. The molecule has 104 valence electrons. The van der Waals surface area contributed by atoms with Crippen molar-refractivity contribution in [3.05, 3.63) is 22.8 Å². The van der Waals surface area contributed by atoms with Crippen molar-refractivity contribution >= 4 is 23.3 Å². The van der Waals surface area contributed by atoms with Crippen LogP contribution in [0.4, 0.5) is 5.82 Å². The maximum atomic E-state index is 12.2. The molecule has 0 radical (unpaired) electrons. The Morgan fingerprint density at radius 2 is 2.26 bits per heavy atom. The van der Waals surface area contributed by atoms with E-state index in [9.17, 15) is 4.79 Å². The molecule has 1 amide bonds. The number of aromatic nitrogens is 1. The zero-order chi connectivity index (χ0) is 13.8. The lowest BCUT2D eigenvalue weighted by Crippen LogP contribution is -2.40. The predicted molar refractivity (Wildman–Crippen MR) is 74.1 cm³/mol. The molecule has 0 aromatic carbocycles. The highest BCUT2D eigenvalue weighted by Crippen LogP contribution is 2.20. The summed E-state index contributed by atoms with van der Waals surface area (Å²) in [5, 5.41) is 3.28. The van der Waals surface area contributed by atoms with Crippen molar-refractivity contribution in [1.29, 1.82) is 0 Å². The molecule has 0 bridgehead atoms. The third kappa shape index (κ3) is 3.58. The molecule has 1 aliphatic heterocycles. The fraction of sp³-hybridized carbons (Fsp3) is 0.538. The first-order valence-electron chi connectivity index (χ1n) is 6.37. The Bertz CT molecular complexity index is 461. The monoisotopic (exact) mass is 283 g/mol. The van der Waals surface area contributed by atoms with Crippen LogP contribution >= 0.6 is 11.6 Å². The molecule has 0 spiro atoms. The van der Waals surface area contributed by atoms with Gasteiger partial charge in [-0.1, -0.05) is 11.6 Å². The average molecular weight is 284 g/mol. The molecule has 1 aromatic rings. The fourth-order valence-corrected chi connectivity index (χ4v) is 2.44. The summed E-state index contributed by atoms with van der Waals surface area (Å²) >= 11 is 5.96. The van der Waals surface area contributed by atoms with E-state index in [1.807, 2.05) is 6.92 Å². The number of ether oxygens (including phenoxy) is 1. The number of pyridine rings is 1. The van der Waals surface area contributed by atoms with Crippen LogP contribution < -0.4 is 11.1 Å². The topological polar surface area (TPSA) is 77.2 Å². The second-order valence-electron chi connectivity index (χ2n) is 4.80. The number of carbonyl (C=O) groups is 1. The Hall–Kier alpha value is -1.33. The van der Waals surface area contributed by atoms with Crippen molar-refractivity contribution in [3.63, 3.8) is 0 Å². The first kappa shape index (κ1) is 14.1. The van der Waals surface area contributed by atoms with Crippen molar-refractivity contribution in [2.45, 2.75) is 25.8 Å². The second-order valence-corrected chi connectivity index (χ2v) is 5.21. The third-order valence-corrected chi connectivity index (χ3v) is 3.75. The number of nitrogens with one attached hydrogen (secondary N) is 1. The predicted octanol–water partition coefficient (Wildman–Crippen LogP) is 1.86. The number of carbonyl (C=O) groups excluding carboxylic acids is 1. The smallest absolute Gasteiger partial charge is 0.253 e. The molecule has 2 heterocycles. The van der Waals surface area contributed by atoms with Gasteiger partial charge in [-0.15, -0.1) is 0 Å². The van der Waals surface area contributed by atoms with Crippen LogP contribution in [-0.4, -0.2) is 30.1 Å². The molecular formula is C13H18ClN3O2. The van der Waals surface area contributed by atoms with Gasteiger partial charge in [-0.05, 0) is 31.7 Å². The van der Waals surface area contributed by atoms with Crippen LogP contribution in [0, 0.1) is 5.92 Å². The minimum absolute atomic E-state index is 0.0851. The molecule has 1 aromatic heterocycles. The van der Waals surface area contributed by atoms with Gasteiger partial charge < -0.3 is 15.8 Å². The van der Waals surface area contributed by atoms with Crippen LogP contribution in [0.2, 0.25) is 5.02 Å². The Morgan fingerprint density at radius 3 is 2.95 bits per heavy atom. The highest BCUT2D eigenvalue weighted by molar-refractivity contribution is 6.33. The highest BCUT2D eigenvalue weighted by Gasteiger charge is 2.23. The van der Waals surface area contributed by atoms with Gasteiger partial charge in [0.15, 0.2) is 0 Å². The molecule has 1 saturated heterocycles. The molecule has 1 atom stereocenters. The number of hydrogen-bond donors (Lipinski definition) is 2. The van der Waals surface area contributed by atoms with Gasteiger partial charge in [0.1, 0.15) is 5.82 Å². The van der Waals surface area contributed by atoms with Crippen LogP contribution in [0.1, 0.15) is 30.1 Å². The normalized spacial score (nSPS) is 18.0. The first-order valence-corrected chi connectivity index (χ1v) is 6.75. The number of amides is 1. The van der Waals surface area contributed by atoms with Gasteiger partial charge in [0, 0.05) is 25.5 Å². The lowest BCUT2D eigenvalue weighted by Gasteiger charge is -2.28. The molecule has 19 heavy (non-hydrogen) atoms. The Balaban J connectivity index is 2.01. The van der Waals surface area contributed by atoms with E-state index in [1.54, 1.807) is 0 Å². The second kappa shape index (κ2) is 6.21. The van der Waals surface area contributed by atoms with Gasteiger partial charge in [0.25, 0.3) is 5.91 Å². The molecule has 0 saturated carbocycles. The minimum atomic E-state index is -0.210. The van der Waals surface area contributed by atoms with Crippen molar-refractivity contribution in [3.8, 4) is 0 Å². The summed E-state index contributed by atoms with van der Waals surface area (Å²) in [6.07, 6.45) is 3.33. The van der Waals surface area contributed by atoms with Gasteiger partial charge in [-0.3, -0.25) is 4.79 Å². The van der Waals surface area contributed by atoms with Gasteiger partial charge in [0.05, 0.1) is 10.6 Å². The first-order chi connectivity index (χ1) is 9.08. The molecular weight excluding hydrogens is 266 g/mol. The largest absolute Gasteiger partial charge is 0.384 e. The lowest BCUT2D eigenvalue weighted by atomic mass is 9.93. The van der Waals surface area contributed by atoms with E-state index >= 15 is 0 Å². The Kier molecular flexibility index (Phi) is 4.61. The van der Waals surface area contributed by atoms with Gasteiger partial charge in [-0.2, -0.15) is 0 Å². The molecule has 1 aliphatic rings. The molecule has 1 unspecified atom stereocenters. The van der Waals surface area contributed by atoms with Crippen LogP contribution in [0.15, 0.2) is 12.3 Å². The van der Waals surface area contributed by atoms with E-state index in [0.717, 1.165) is 26.1 Å². The van der Waals surface area contributed by atoms with E-state index in [0.29, 0.717) is 16.5 Å². The summed E-state index contributed by atoms with van der Waals surface area (Å²) in [5.41, 5.74) is 5.94. The zero-order valence-corrected chi connectivity index (χ0v) is 11.6. The number of anilines is 1. The van der Waals surface area contributed by atoms with E-state index in [1.165, 1.54) is 12.3 Å². The number of halogens is 1. The molecule has 1 fully saturated rings. The van der Waals surface area contributed by atoms with Crippen molar-refractivity contribution in [1.82, 2.24) is 10.3 Å². The van der Waals surface area contributed by atoms with E-state index in [2.05, 4.69) is 10.3 Å². The van der Waals surface area contributed by atoms with E-state index in [4.69, 9.17) is 22.1 Å². The van der Waals surface area contributed by atoms with Gasteiger partial charge in [0.2, 0.25) is 0 Å². The van der Waals surface area contributed by atoms with Gasteiger partial charge in [-0.25, -0.2) is 4.98 Å². The number of rotatable bonds is 3. The van der Waals surface area contributed by atoms with Crippen LogP contribution in [0.5, 0.6) is 0 Å². The third-order valence-electron chi connectivity index (χ3n) is 3.45. The summed E-state index contributed by atoms with van der Waals surface area (Å²) in [5.74, 6) is 0.516. The molecule has 3 N–H and O–H groups in total. The Morgan fingerprint density at radius 1 is 1.58 bits per heavy atom.